The summed E-state index contributed by atoms with van der Waals surface area (Å²) in [5.74, 6) is 0.985. The molecule has 1 saturated heterocycles. The molecule has 1 amide bonds. The fourth-order valence-electron chi connectivity index (χ4n) is 2.99. The number of para-hydroxylation sites is 1. The van der Waals surface area contributed by atoms with E-state index < -0.39 is 0 Å². The predicted molar refractivity (Wildman–Crippen MR) is 117 cm³/mol. The van der Waals surface area contributed by atoms with Crippen molar-refractivity contribution in [2.24, 2.45) is 10.7 Å². The van der Waals surface area contributed by atoms with Gasteiger partial charge in [-0.2, -0.15) is 0 Å². The summed E-state index contributed by atoms with van der Waals surface area (Å²) in [6.45, 7) is 5.08. The van der Waals surface area contributed by atoms with E-state index in [1.165, 1.54) is 7.11 Å². The van der Waals surface area contributed by atoms with Crippen LogP contribution >= 0.6 is 24.0 Å². The van der Waals surface area contributed by atoms with E-state index in [1.54, 1.807) is 6.07 Å². The van der Waals surface area contributed by atoms with Gasteiger partial charge in [0.05, 0.1) is 20.2 Å². The molecule has 0 aliphatic carbocycles. The molecule has 1 aromatic rings. The lowest BCUT2D eigenvalue weighted by Crippen LogP contribution is -2.49. The van der Waals surface area contributed by atoms with Crippen LogP contribution in [0.2, 0.25) is 0 Å². The zero-order chi connectivity index (χ0) is 18.9. The van der Waals surface area contributed by atoms with Crippen molar-refractivity contribution < 1.29 is 14.6 Å². The Balaban J connectivity index is 0.00000364. The molecule has 0 unspecified atom stereocenters. The van der Waals surface area contributed by atoms with Crippen LogP contribution in [-0.2, 0) is 11.3 Å². The number of benzene rings is 1. The molecule has 0 radical (unpaired) electrons. The van der Waals surface area contributed by atoms with Crippen LogP contribution in [-0.4, -0.2) is 61.2 Å². The van der Waals surface area contributed by atoms with E-state index in [1.807, 2.05) is 19.1 Å². The van der Waals surface area contributed by atoms with Crippen LogP contribution in [0.25, 0.3) is 0 Å². The molecule has 1 aliphatic rings. The Morgan fingerprint density at radius 3 is 2.70 bits per heavy atom. The fraction of sp³-hybridized carbons (Fsp3) is 0.556. The number of hydrogen-bond donors (Lipinski definition) is 4. The highest BCUT2D eigenvalue weighted by Gasteiger charge is 2.20. The standard InChI is InChI=1S/C18H29N5O3.HI/c1-3-20-18(21-11-13-5-4-6-15(26-2)17(13)25)22-14-7-9-23(10-8-14)12-16(19)24;/h4-6,14,25H,3,7-12H2,1-2H3,(H2,19,24)(H2,20,21,22);1H. The highest BCUT2D eigenvalue weighted by Crippen LogP contribution is 2.29. The van der Waals surface area contributed by atoms with Crippen LogP contribution in [0.4, 0.5) is 0 Å². The van der Waals surface area contributed by atoms with Gasteiger partial charge in [-0.1, -0.05) is 12.1 Å². The van der Waals surface area contributed by atoms with E-state index in [9.17, 15) is 9.90 Å². The summed E-state index contributed by atoms with van der Waals surface area (Å²) in [5, 5.41) is 16.8. The van der Waals surface area contributed by atoms with Gasteiger partial charge in [-0.25, -0.2) is 4.99 Å². The SMILES string of the molecule is CCNC(=NCc1cccc(OC)c1O)NC1CCN(CC(N)=O)CC1.I. The maximum absolute atomic E-state index is 11.0. The molecule has 8 nitrogen and oxygen atoms in total. The number of nitrogens with two attached hydrogens (primary N) is 1. The zero-order valence-electron chi connectivity index (χ0n) is 15.9. The number of likely N-dealkylation sites (tertiary alicyclic amines) is 1. The second-order valence-corrected chi connectivity index (χ2v) is 6.32. The molecule has 0 bridgehead atoms. The first kappa shape index (κ1) is 23.3. The van der Waals surface area contributed by atoms with Crippen molar-refractivity contribution in [2.75, 3.05) is 33.3 Å². The third-order valence-corrected chi connectivity index (χ3v) is 4.36. The number of aromatic hydroxyl groups is 1. The Morgan fingerprint density at radius 2 is 2.11 bits per heavy atom. The first-order valence-electron chi connectivity index (χ1n) is 8.93. The molecule has 27 heavy (non-hydrogen) atoms. The molecule has 9 heteroatoms. The number of carbonyl (C=O) groups is 1. The van der Waals surface area contributed by atoms with Gasteiger partial charge in [-0.15, -0.1) is 24.0 Å². The topological polar surface area (TPSA) is 112 Å². The van der Waals surface area contributed by atoms with Crippen molar-refractivity contribution >= 4 is 35.8 Å². The van der Waals surface area contributed by atoms with Crippen LogP contribution in [0.1, 0.15) is 25.3 Å². The number of nitrogens with zero attached hydrogens (tertiary/aromatic N) is 2. The molecule has 0 spiro atoms. The van der Waals surface area contributed by atoms with Gasteiger partial charge >= 0.3 is 0 Å². The molecule has 1 aromatic carbocycles. The Labute approximate surface area is 177 Å². The van der Waals surface area contributed by atoms with Crippen molar-refractivity contribution in [3.63, 3.8) is 0 Å². The number of piperidine rings is 1. The summed E-state index contributed by atoms with van der Waals surface area (Å²) < 4.78 is 5.13. The number of guanidine groups is 1. The molecule has 5 N–H and O–H groups in total. The summed E-state index contributed by atoms with van der Waals surface area (Å²) >= 11 is 0. The third kappa shape index (κ3) is 7.41. The molecule has 1 aliphatic heterocycles. The molecule has 0 aromatic heterocycles. The van der Waals surface area contributed by atoms with Gasteiger partial charge < -0.3 is 26.2 Å². The van der Waals surface area contributed by atoms with Crippen molar-refractivity contribution in [3.8, 4) is 11.5 Å². The molecule has 152 valence electrons. The largest absolute Gasteiger partial charge is 0.504 e. The minimum absolute atomic E-state index is 0. The summed E-state index contributed by atoms with van der Waals surface area (Å²) in [6, 6.07) is 5.66. The Kier molecular flexibility index (Phi) is 10.2. The third-order valence-electron chi connectivity index (χ3n) is 4.36. The molecular formula is C18H30IN5O3. The van der Waals surface area contributed by atoms with Gasteiger partial charge in [0.2, 0.25) is 5.91 Å². The summed E-state index contributed by atoms with van der Waals surface area (Å²) in [4.78, 5) is 17.7. The van der Waals surface area contributed by atoms with Gasteiger partial charge in [-0.3, -0.25) is 9.69 Å². The van der Waals surface area contributed by atoms with Crippen molar-refractivity contribution in [2.45, 2.75) is 32.4 Å². The number of aliphatic imine (C=N–C) groups is 1. The number of halogens is 1. The number of ether oxygens (including phenoxy) is 1. The maximum atomic E-state index is 11.0. The van der Waals surface area contributed by atoms with E-state index in [0.717, 1.165) is 32.5 Å². The van der Waals surface area contributed by atoms with Crippen molar-refractivity contribution in [1.82, 2.24) is 15.5 Å². The highest BCUT2D eigenvalue weighted by atomic mass is 127. The van der Waals surface area contributed by atoms with Crippen LogP contribution in [0.15, 0.2) is 23.2 Å². The minimum Gasteiger partial charge on any atom is -0.504 e. The second-order valence-electron chi connectivity index (χ2n) is 6.32. The number of primary amides is 1. The number of amides is 1. The Hall–Kier alpha value is -1.75. The molecule has 1 heterocycles. The zero-order valence-corrected chi connectivity index (χ0v) is 18.2. The van der Waals surface area contributed by atoms with Gasteiger partial charge in [-0.05, 0) is 25.8 Å². The summed E-state index contributed by atoms with van der Waals surface area (Å²) in [6.07, 6.45) is 1.84. The normalized spacial score (nSPS) is 15.7. The number of carbonyl (C=O) groups excluding carboxylic acids is 1. The molecule has 1 fully saturated rings. The second kappa shape index (κ2) is 11.9. The van der Waals surface area contributed by atoms with Gasteiger partial charge in [0, 0.05) is 31.2 Å². The van der Waals surface area contributed by atoms with Crippen molar-refractivity contribution in [1.29, 1.82) is 0 Å². The number of phenols is 1. The van der Waals surface area contributed by atoms with Crippen LogP contribution in [0.3, 0.4) is 0 Å². The smallest absolute Gasteiger partial charge is 0.231 e. The van der Waals surface area contributed by atoms with Gasteiger partial charge in [0.1, 0.15) is 0 Å². The first-order chi connectivity index (χ1) is 12.5. The molecule has 0 atom stereocenters. The number of hydrogen-bond acceptors (Lipinski definition) is 5. The van der Waals surface area contributed by atoms with Gasteiger partial charge in [0.15, 0.2) is 17.5 Å². The first-order valence-corrected chi connectivity index (χ1v) is 8.93. The monoisotopic (exact) mass is 491 g/mol. The van der Waals surface area contributed by atoms with Crippen molar-refractivity contribution in [3.05, 3.63) is 23.8 Å². The summed E-state index contributed by atoms with van der Waals surface area (Å²) in [5.41, 5.74) is 5.96. The molecule has 2 rings (SSSR count). The highest BCUT2D eigenvalue weighted by molar-refractivity contribution is 14.0. The lowest BCUT2D eigenvalue weighted by molar-refractivity contribution is -0.119. The Bertz CT molecular complexity index is 633. The number of phenolic OH excluding ortho intramolecular Hbond substituents is 1. The van der Waals surface area contributed by atoms with E-state index in [2.05, 4.69) is 20.5 Å². The quantitative estimate of drug-likeness (QED) is 0.258. The Morgan fingerprint density at radius 1 is 1.41 bits per heavy atom. The lowest BCUT2D eigenvalue weighted by atomic mass is 10.1. The van der Waals surface area contributed by atoms with Gasteiger partial charge in [0.25, 0.3) is 0 Å². The minimum atomic E-state index is -0.288. The maximum Gasteiger partial charge on any atom is 0.231 e. The number of methoxy groups -OCH3 is 1. The van der Waals surface area contributed by atoms with E-state index in [-0.39, 0.29) is 41.7 Å². The number of nitrogens with one attached hydrogen (secondary N) is 2. The van der Waals surface area contributed by atoms with E-state index >= 15 is 0 Å². The summed E-state index contributed by atoms with van der Waals surface area (Å²) in [7, 11) is 1.53. The fourth-order valence-corrected chi connectivity index (χ4v) is 2.99. The van der Waals surface area contributed by atoms with E-state index in [4.69, 9.17) is 10.5 Å². The predicted octanol–water partition coefficient (Wildman–Crippen LogP) is 1.02. The molecular weight excluding hydrogens is 461 g/mol. The van der Waals surface area contributed by atoms with Crippen LogP contribution < -0.4 is 21.1 Å². The van der Waals surface area contributed by atoms with Crippen LogP contribution in [0.5, 0.6) is 11.5 Å². The molecule has 0 saturated carbocycles. The lowest BCUT2D eigenvalue weighted by Gasteiger charge is -2.32. The average Bonchev–Trinajstić information content (AvgIpc) is 2.62. The average molecular weight is 491 g/mol. The van der Waals surface area contributed by atoms with E-state index in [0.29, 0.717) is 30.4 Å². The number of rotatable bonds is 7. The van der Waals surface area contributed by atoms with Crippen LogP contribution in [0, 0.1) is 0 Å².